The summed E-state index contributed by atoms with van der Waals surface area (Å²) in [6.07, 6.45) is -4.76. The van der Waals surface area contributed by atoms with Gasteiger partial charge in [0, 0.05) is 50.5 Å². The number of carbonyl (C=O) groups is 16. The lowest BCUT2D eigenvalue weighted by Gasteiger charge is -2.34. The van der Waals surface area contributed by atoms with Crippen molar-refractivity contribution in [1.82, 2.24) is 68.0 Å². The number of aliphatic hydroxyl groups is 3. The summed E-state index contributed by atoms with van der Waals surface area (Å²) in [4.78, 5) is 230. The molecule has 110 heavy (non-hydrogen) atoms. The number of aromatic amines is 1. The first-order valence-electron chi connectivity index (χ1n) is 36.5. The van der Waals surface area contributed by atoms with E-state index in [4.69, 9.17) is 27.7 Å². The Morgan fingerprint density at radius 1 is 0.573 bits per heavy atom. The summed E-state index contributed by atoms with van der Waals surface area (Å²) in [6, 6.07) is -4.42. The number of amides is 14. The first-order valence-corrected chi connectivity index (χ1v) is 36.5. The highest BCUT2D eigenvalue weighted by Crippen LogP contribution is 2.23. The molecule has 2 heterocycles. The molecule has 1 aliphatic rings. The third-order valence-corrected chi connectivity index (χ3v) is 18.2. The first kappa shape index (κ1) is 91.7. The minimum absolute atomic E-state index is 0.0196. The van der Waals surface area contributed by atoms with E-state index in [0.29, 0.717) is 41.3 Å². The fourth-order valence-corrected chi connectivity index (χ4v) is 12.1. The lowest BCUT2D eigenvalue weighted by molar-refractivity contribution is -0.162. The Bertz CT molecular complexity index is 3670. The Hall–Kier alpha value is -10.7. The number of cyclic esters (lactones) is 1. The number of carboxylic acid groups (broad SMARTS) is 1. The van der Waals surface area contributed by atoms with Crippen LogP contribution in [0, 0.1) is 11.8 Å². The number of primary amides is 2. The monoisotopic (exact) mass is 1550 g/mol. The Balaban J connectivity index is 1.91. The Kier molecular flexibility index (Phi) is 38.3. The lowest BCUT2D eigenvalue weighted by Crippen LogP contribution is -2.63. The number of esters is 1. The van der Waals surface area contributed by atoms with E-state index in [0.717, 1.165) is 9.80 Å². The van der Waals surface area contributed by atoms with Crippen LogP contribution in [0.2, 0.25) is 0 Å². The van der Waals surface area contributed by atoms with Gasteiger partial charge in [-0.2, -0.15) is 0 Å². The summed E-state index contributed by atoms with van der Waals surface area (Å²) in [7, 11) is 2.44. The molecule has 0 spiro atoms. The smallest absolute Gasteiger partial charge is 0.329 e. The van der Waals surface area contributed by atoms with Crippen molar-refractivity contribution < 1.29 is 102 Å². The zero-order valence-corrected chi connectivity index (χ0v) is 63.0. The van der Waals surface area contributed by atoms with E-state index in [2.05, 4.69) is 47.5 Å². The third-order valence-electron chi connectivity index (χ3n) is 18.2. The maximum Gasteiger partial charge on any atom is 0.329 e. The van der Waals surface area contributed by atoms with Crippen LogP contribution in [0.5, 0.6) is 0 Å². The molecular weight excluding hydrogens is 1440 g/mol. The van der Waals surface area contributed by atoms with Gasteiger partial charge in [-0.1, -0.05) is 96.0 Å². The summed E-state index contributed by atoms with van der Waals surface area (Å²) in [5.41, 5.74) is 24.4. The number of hydrogen-bond donors (Lipinski definition) is 19. The van der Waals surface area contributed by atoms with E-state index >= 15 is 4.79 Å². The molecule has 3 aromatic rings. The van der Waals surface area contributed by atoms with E-state index in [1.165, 1.54) is 14.1 Å². The Morgan fingerprint density at radius 2 is 1.10 bits per heavy atom. The van der Waals surface area contributed by atoms with Crippen molar-refractivity contribution in [3.05, 3.63) is 71.9 Å². The average Bonchev–Trinajstić information content (AvgIpc) is 1.50. The molecule has 2 aromatic carbocycles. The van der Waals surface area contributed by atoms with Crippen LogP contribution in [0.15, 0.2) is 60.8 Å². The number of nitrogens with two attached hydrogens (primary N) is 4. The highest BCUT2D eigenvalue weighted by atomic mass is 16.5. The lowest BCUT2D eigenvalue weighted by atomic mass is 9.99. The molecular formula is C72H109N17O21. The van der Waals surface area contributed by atoms with Crippen LogP contribution >= 0.6 is 0 Å². The van der Waals surface area contributed by atoms with Gasteiger partial charge in [-0.25, -0.2) is 4.79 Å². The van der Waals surface area contributed by atoms with Crippen LogP contribution in [0.3, 0.4) is 0 Å². The molecule has 1 aliphatic heterocycles. The molecule has 0 radical (unpaired) electrons. The molecule has 13 atom stereocenters. The summed E-state index contributed by atoms with van der Waals surface area (Å²) >= 11 is 0. The normalized spacial score (nSPS) is 24.3. The molecule has 1 saturated heterocycles. The number of likely N-dealkylation sites (N-methyl/N-ethyl adjacent to an activating group) is 2. The largest absolute Gasteiger partial charge is 0.481 e. The number of aliphatic hydroxyl groups excluding tert-OH is 3. The number of aliphatic carboxylic acids is 1. The summed E-state index contributed by atoms with van der Waals surface area (Å²) < 4.78 is 5.98. The number of aromatic nitrogens is 1. The average molecular weight is 1550 g/mol. The van der Waals surface area contributed by atoms with Crippen LogP contribution in [0.1, 0.15) is 129 Å². The van der Waals surface area contributed by atoms with Gasteiger partial charge >= 0.3 is 11.9 Å². The van der Waals surface area contributed by atoms with Crippen LogP contribution in [-0.4, -0.2) is 255 Å². The first-order chi connectivity index (χ1) is 52.1. The molecule has 608 valence electrons. The van der Waals surface area contributed by atoms with Crippen molar-refractivity contribution in [2.24, 2.45) is 34.8 Å². The van der Waals surface area contributed by atoms with Crippen molar-refractivity contribution in [2.45, 2.75) is 210 Å². The zero-order valence-electron chi connectivity index (χ0n) is 63.0. The predicted molar refractivity (Wildman–Crippen MR) is 395 cm³/mol. The van der Waals surface area contributed by atoms with Gasteiger partial charge in [0.05, 0.1) is 32.6 Å². The number of nitrogens with one attached hydrogen (secondary N) is 11. The molecule has 13 unspecified atom stereocenters. The van der Waals surface area contributed by atoms with Crippen molar-refractivity contribution in [3.8, 4) is 0 Å². The predicted octanol–water partition coefficient (Wildman–Crippen LogP) is -5.27. The minimum Gasteiger partial charge on any atom is -0.481 e. The third kappa shape index (κ3) is 29.0. The fraction of sp³-hybridized carbons (Fsp3) is 0.583. The Labute approximate surface area is 636 Å². The molecule has 0 saturated carbocycles. The van der Waals surface area contributed by atoms with Gasteiger partial charge in [0.2, 0.25) is 82.7 Å². The van der Waals surface area contributed by atoms with E-state index in [1.54, 1.807) is 88.5 Å². The minimum atomic E-state index is -2.58. The number of carboxylic acids is 1. The highest BCUT2D eigenvalue weighted by Gasteiger charge is 2.42. The Morgan fingerprint density at radius 3 is 1.68 bits per heavy atom. The second-order valence-corrected chi connectivity index (χ2v) is 27.7. The van der Waals surface area contributed by atoms with E-state index in [9.17, 15) is 92.3 Å². The topological polar surface area (TPSA) is 610 Å². The maximum atomic E-state index is 15.0. The van der Waals surface area contributed by atoms with E-state index in [1.807, 2.05) is 17.6 Å². The molecule has 0 aliphatic carbocycles. The molecule has 38 nitrogen and oxygen atoms in total. The standard InChI is InChI=1S/C72H109N17O21/c1-8-9-11-20-42-32-55(93)79-52(37-91)68(105)87-58(60(97)61(76)98)70(107)86-51(36-90)62(99)78-35-56(94)88(6)53(30-40-18-12-10-13-19-40)69(106)85-48(29-38(2)3)65(102)80-45(23-16-27-73)63(100)81-46(25-26-57(95)96)64(101)84-50(33-54(75)92)67(104)83-49(31-41-34-77-44-22-15-14-21-43(41)44)66(103)82-47(24-17-28-74)71(108)89(7)59(39(4)5)72(109)110-42/h10,12-15,18-19,21-22,34,38-39,42,45-53,58-60,77,90-91,97H,8-9,11,16-17,20,23-33,35-37,73-74H2,1-7H3,(H2,75,92)(H2,76,98)(H,78,99)(H,79,93)(H,80,102)(H,81,100)(H,82,103)(H,83,104)(H,84,101)(H,85,106)(H,86,107)(H,87,105)(H,95,96). The number of ether oxygens (including phenoxy) is 1. The summed E-state index contributed by atoms with van der Waals surface area (Å²) in [5.74, 6) is -20.0. The van der Waals surface area contributed by atoms with Crippen molar-refractivity contribution in [2.75, 3.05) is 46.9 Å². The molecule has 1 fully saturated rings. The van der Waals surface area contributed by atoms with Crippen LogP contribution in [0.4, 0.5) is 0 Å². The van der Waals surface area contributed by atoms with Crippen LogP contribution < -0.4 is 76.1 Å². The molecule has 4 rings (SSSR count). The van der Waals surface area contributed by atoms with E-state index < -0.39 is 225 Å². The number of para-hydroxylation sites is 1. The van der Waals surface area contributed by atoms with Crippen LogP contribution in [0.25, 0.3) is 10.9 Å². The number of fused-ring (bicyclic) bond motifs is 1. The maximum absolute atomic E-state index is 15.0. The quantitative estimate of drug-likeness (QED) is 0.0264. The molecule has 1 aromatic heterocycles. The summed E-state index contributed by atoms with van der Waals surface area (Å²) in [6.45, 7) is 4.96. The number of nitrogens with zero attached hydrogens (tertiary/aromatic N) is 2. The molecule has 23 N–H and O–H groups in total. The number of rotatable bonds is 26. The number of carbonyl (C=O) groups excluding carboxylic acids is 15. The molecule has 0 bridgehead atoms. The van der Waals surface area contributed by atoms with Gasteiger partial charge in [0.25, 0.3) is 0 Å². The van der Waals surface area contributed by atoms with Crippen LogP contribution in [-0.2, 0) is 94.3 Å². The van der Waals surface area contributed by atoms with Crippen molar-refractivity contribution in [1.29, 1.82) is 0 Å². The summed E-state index contributed by atoms with van der Waals surface area (Å²) in [5, 5.41) is 65.9. The molecule has 14 amide bonds. The van der Waals surface area contributed by atoms with Gasteiger partial charge < -0.3 is 116 Å². The van der Waals surface area contributed by atoms with Gasteiger partial charge in [0.15, 0.2) is 6.10 Å². The highest BCUT2D eigenvalue weighted by molar-refractivity contribution is 6.01. The van der Waals surface area contributed by atoms with Gasteiger partial charge in [-0.05, 0) is 93.5 Å². The van der Waals surface area contributed by atoms with Crippen molar-refractivity contribution >= 4 is 106 Å². The second kappa shape index (κ2) is 46.0. The second-order valence-electron chi connectivity index (χ2n) is 27.7. The van der Waals surface area contributed by atoms with Gasteiger partial charge in [-0.15, -0.1) is 0 Å². The van der Waals surface area contributed by atoms with Gasteiger partial charge in [-0.3, -0.25) is 71.9 Å². The molecule has 38 heteroatoms. The van der Waals surface area contributed by atoms with Gasteiger partial charge in [0.1, 0.15) is 72.6 Å². The number of H-pyrrole nitrogens is 1. The fourth-order valence-electron chi connectivity index (χ4n) is 12.1. The SMILES string of the molecule is CCCCCC1CC(=O)NC(CO)C(=O)NC(C(O)C(N)=O)C(=O)NC(CO)C(=O)NCC(=O)N(C)C(Cc2ccccc2)C(=O)NC(CC(C)C)C(=O)NC(CCCN)C(=O)NC(CCC(=O)O)C(=O)NC(CC(N)=O)C(=O)NC(Cc2c[nH]c3ccccc23)C(=O)NC(CCCN)C(=O)N(C)C(C(C)C)C(=O)O1. The van der Waals surface area contributed by atoms with Crippen molar-refractivity contribution in [3.63, 3.8) is 0 Å². The zero-order chi connectivity index (χ0) is 82.1. The number of unbranched alkanes of at least 4 members (excludes halogenated alkanes) is 2. The van der Waals surface area contributed by atoms with E-state index in [-0.39, 0.29) is 70.4 Å². The number of benzene rings is 2. The number of hydrogen-bond acceptors (Lipinski definition) is 22.